The SMILES string of the molecule is COC(=O)c1ccc(CNS(=O)(=O)CCC[N+]2(c3ccccc3)CCCC2)nc1. The van der Waals surface area contributed by atoms with Crippen LogP contribution in [-0.2, 0) is 21.3 Å². The van der Waals surface area contributed by atoms with Crippen molar-refractivity contribution in [2.45, 2.75) is 25.8 Å². The Labute approximate surface area is 172 Å². The first-order chi connectivity index (χ1) is 13.9. The molecule has 1 fully saturated rings. The van der Waals surface area contributed by atoms with Gasteiger partial charge in [0.2, 0.25) is 10.0 Å². The van der Waals surface area contributed by atoms with Crippen LogP contribution in [-0.4, -0.2) is 51.9 Å². The summed E-state index contributed by atoms with van der Waals surface area (Å²) in [5, 5.41) is 0. The van der Waals surface area contributed by atoms with Crippen LogP contribution in [0.1, 0.15) is 35.3 Å². The Morgan fingerprint density at radius 2 is 1.86 bits per heavy atom. The second-order valence-electron chi connectivity index (χ2n) is 7.38. The Kier molecular flexibility index (Phi) is 7.00. The highest BCUT2D eigenvalue weighted by Gasteiger charge is 2.34. The zero-order chi connectivity index (χ0) is 20.7. The molecule has 0 aliphatic carbocycles. The first-order valence-electron chi connectivity index (χ1n) is 9.86. The Hall–Kier alpha value is -2.29. The minimum Gasteiger partial charge on any atom is -0.465 e. The van der Waals surface area contributed by atoms with Gasteiger partial charge in [-0.1, -0.05) is 18.2 Å². The van der Waals surface area contributed by atoms with Crippen LogP contribution in [0.25, 0.3) is 0 Å². The normalized spacial score (nSPS) is 15.9. The molecule has 0 bridgehead atoms. The summed E-state index contributed by atoms with van der Waals surface area (Å²) in [5.74, 6) is -0.387. The fourth-order valence-electron chi connectivity index (χ4n) is 3.88. The Morgan fingerprint density at radius 3 is 2.48 bits per heavy atom. The lowest BCUT2D eigenvalue weighted by atomic mass is 10.2. The van der Waals surface area contributed by atoms with Gasteiger partial charge in [0.25, 0.3) is 0 Å². The minimum absolute atomic E-state index is 0.0834. The van der Waals surface area contributed by atoms with E-state index in [4.69, 9.17) is 0 Å². The Balaban J connectivity index is 1.52. The highest BCUT2D eigenvalue weighted by Crippen LogP contribution is 2.29. The number of nitrogens with one attached hydrogen (secondary N) is 1. The average Bonchev–Trinajstić information content (AvgIpc) is 3.23. The Morgan fingerprint density at radius 1 is 1.14 bits per heavy atom. The average molecular weight is 419 g/mol. The van der Waals surface area contributed by atoms with Gasteiger partial charge in [0.05, 0.1) is 50.3 Å². The molecule has 1 N–H and O–H groups in total. The molecule has 1 aliphatic heterocycles. The molecule has 0 spiro atoms. The molecule has 0 saturated carbocycles. The fourth-order valence-corrected chi connectivity index (χ4v) is 4.90. The Bertz CT molecular complexity index is 909. The van der Waals surface area contributed by atoms with Crippen molar-refractivity contribution in [2.75, 3.05) is 32.5 Å². The number of esters is 1. The summed E-state index contributed by atoms with van der Waals surface area (Å²) in [6, 6.07) is 13.6. The number of carbonyl (C=O) groups excluding carboxylic acids is 1. The lowest BCUT2D eigenvalue weighted by molar-refractivity contribution is 0.0600. The molecule has 29 heavy (non-hydrogen) atoms. The van der Waals surface area contributed by atoms with E-state index in [9.17, 15) is 13.2 Å². The summed E-state index contributed by atoms with van der Waals surface area (Å²) in [6.45, 7) is 3.04. The molecule has 1 aliphatic rings. The van der Waals surface area contributed by atoms with E-state index in [-0.39, 0.29) is 12.3 Å². The molecular formula is C21H28N3O4S+. The van der Waals surface area contributed by atoms with Crippen molar-refractivity contribution < 1.29 is 17.9 Å². The number of nitrogens with zero attached hydrogens (tertiary/aromatic N) is 2. The van der Waals surface area contributed by atoms with E-state index < -0.39 is 16.0 Å². The van der Waals surface area contributed by atoms with E-state index in [1.165, 1.54) is 31.8 Å². The van der Waals surface area contributed by atoms with Crippen LogP contribution in [0.5, 0.6) is 0 Å². The number of aromatic nitrogens is 1. The van der Waals surface area contributed by atoms with Crippen molar-refractivity contribution in [1.29, 1.82) is 0 Å². The molecule has 7 nitrogen and oxygen atoms in total. The third-order valence-corrected chi connectivity index (χ3v) is 6.85. The van der Waals surface area contributed by atoms with Crippen LogP contribution in [0.3, 0.4) is 0 Å². The predicted octanol–water partition coefficient (Wildman–Crippen LogP) is 2.48. The molecule has 2 heterocycles. The van der Waals surface area contributed by atoms with Crippen LogP contribution in [0.15, 0.2) is 48.7 Å². The van der Waals surface area contributed by atoms with Gasteiger partial charge >= 0.3 is 5.97 Å². The summed E-state index contributed by atoms with van der Waals surface area (Å²) < 4.78 is 32.9. The van der Waals surface area contributed by atoms with Crippen LogP contribution < -0.4 is 9.21 Å². The molecule has 0 unspecified atom stereocenters. The summed E-state index contributed by atoms with van der Waals surface area (Å²) in [5.41, 5.74) is 2.15. The number of pyridine rings is 1. The van der Waals surface area contributed by atoms with Gasteiger partial charge in [-0.3, -0.25) is 9.47 Å². The number of hydrogen-bond donors (Lipinski definition) is 1. The second kappa shape index (κ2) is 9.47. The molecule has 2 aromatic rings. The topological polar surface area (TPSA) is 85.4 Å². The maximum absolute atomic E-state index is 12.4. The van der Waals surface area contributed by atoms with Gasteiger partial charge in [-0.05, 0) is 24.3 Å². The van der Waals surface area contributed by atoms with Crippen molar-refractivity contribution in [3.8, 4) is 0 Å². The van der Waals surface area contributed by atoms with Crippen molar-refractivity contribution in [2.24, 2.45) is 0 Å². The van der Waals surface area contributed by atoms with Gasteiger partial charge in [0.1, 0.15) is 5.69 Å². The predicted molar refractivity (Wildman–Crippen MR) is 113 cm³/mol. The number of hydrogen-bond acceptors (Lipinski definition) is 5. The molecule has 1 saturated heterocycles. The molecular weight excluding hydrogens is 390 g/mol. The zero-order valence-electron chi connectivity index (χ0n) is 16.7. The van der Waals surface area contributed by atoms with Crippen molar-refractivity contribution in [1.82, 2.24) is 14.2 Å². The maximum atomic E-state index is 12.4. The number of carbonyl (C=O) groups is 1. The number of rotatable bonds is 9. The molecule has 8 heteroatoms. The van der Waals surface area contributed by atoms with Gasteiger partial charge in [0.15, 0.2) is 0 Å². The van der Waals surface area contributed by atoms with Gasteiger partial charge in [-0.15, -0.1) is 0 Å². The number of ether oxygens (including phenoxy) is 1. The summed E-state index contributed by atoms with van der Waals surface area (Å²) in [4.78, 5) is 15.5. The van der Waals surface area contributed by atoms with E-state index in [0.29, 0.717) is 17.7 Å². The highest BCUT2D eigenvalue weighted by molar-refractivity contribution is 7.89. The molecule has 3 rings (SSSR count). The number of quaternary nitrogens is 1. The molecule has 0 atom stereocenters. The van der Waals surface area contributed by atoms with Crippen LogP contribution in [0, 0.1) is 0 Å². The quantitative estimate of drug-likeness (QED) is 0.500. The van der Waals surface area contributed by atoms with E-state index >= 15 is 0 Å². The zero-order valence-corrected chi connectivity index (χ0v) is 17.5. The molecule has 0 amide bonds. The lowest BCUT2D eigenvalue weighted by Gasteiger charge is -2.33. The molecule has 1 aromatic carbocycles. The van der Waals surface area contributed by atoms with E-state index in [1.54, 1.807) is 12.1 Å². The van der Waals surface area contributed by atoms with Crippen molar-refractivity contribution >= 4 is 21.7 Å². The maximum Gasteiger partial charge on any atom is 0.339 e. The molecule has 0 radical (unpaired) electrons. The minimum atomic E-state index is -3.40. The fraction of sp³-hybridized carbons (Fsp3) is 0.429. The standard InChI is InChI=1S/C21H28N3O4S/c1-28-21(25)18-10-11-19(22-16-18)17-23-29(26,27)15-7-14-24(12-5-6-13-24)20-8-3-2-4-9-20/h2-4,8-11,16,23H,5-7,12-15,17H2,1H3/q+1. The smallest absolute Gasteiger partial charge is 0.339 e. The van der Waals surface area contributed by atoms with Crippen molar-refractivity contribution in [3.63, 3.8) is 0 Å². The van der Waals surface area contributed by atoms with E-state index in [2.05, 4.69) is 26.6 Å². The number of methoxy groups -OCH3 is 1. The number of para-hydroxylation sites is 1. The summed E-state index contributed by atoms with van der Waals surface area (Å²) >= 11 is 0. The van der Waals surface area contributed by atoms with Gasteiger partial charge in [-0.2, -0.15) is 0 Å². The molecule has 156 valence electrons. The van der Waals surface area contributed by atoms with Crippen molar-refractivity contribution in [3.05, 3.63) is 59.9 Å². The summed E-state index contributed by atoms with van der Waals surface area (Å²) in [7, 11) is -2.10. The van der Waals surface area contributed by atoms with E-state index in [0.717, 1.165) is 24.1 Å². The lowest BCUT2D eigenvalue weighted by Crippen LogP contribution is -2.47. The number of sulfonamides is 1. The first-order valence-corrected chi connectivity index (χ1v) is 11.5. The van der Waals surface area contributed by atoms with E-state index in [1.807, 2.05) is 18.2 Å². The number of likely N-dealkylation sites (tertiary alicyclic amines) is 1. The van der Waals surface area contributed by atoms with Crippen LogP contribution in [0.4, 0.5) is 5.69 Å². The third-order valence-electron chi connectivity index (χ3n) is 5.44. The van der Waals surface area contributed by atoms with Gasteiger partial charge in [-0.25, -0.2) is 17.9 Å². The third kappa shape index (κ3) is 5.62. The van der Waals surface area contributed by atoms with Crippen LogP contribution >= 0.6 is 0 Å². The van der Waals surface area contributed by atoms with Crippen LogP contribution in [0.2, 0.25) is 0 Å². The summed E-state index contributed by atoms with van der Waals surface area (Å²) in [6.07, 6.45) is 4.33. The van der Waals surface area contributed by atoms with Gasteiger partial charge < -0.3 is 4.74 Å². The molecule has 1 aromatic heterocycles. The first kappa shape index (κ1) is 21.4. The largest absolute Gasteiger partial charge is 0.465 e. The monoisotopic (exact) mass is 418 g/mol. The number of benzene rings is 1. The second-order valence-corrected chi connectivity index (χ2v) is 9.31. The highest BCUT2D eigenvalue weighted by atomic mass is 32.2. The van der Waals surface area contributed by atoms with Gasteiger partial charge in [0, 0.05) is 25.5 Å².